The summed E-state index contributed by atoms with van der Waals surface area (Å²) in [6.07, 6.45) is 0. The van der Waals surface area contributed by atoms with Crippen LogP contribution in [0.5, 0.6) is 0 Å². The molecule has 0 atom stereocenters. The molecule has 2 heteroatoms. The number of rotatable bonds is 3. The standard InChI is InChI=1S/C9H11O.2CH3.Bi/c1-8-3-5-9(6-4-8)7-10-2;;;/h3-5H,7H2,1-2H3;2*1H3;. The summed E-state index contributed by atoms with van der Waals surface area (Å²) in [6, 6.07) is 6.72. The van der Waals surface area contributed by atoms with E-state index in [0.717, 1.165) is 6.61 Å². The van der Waals surface area contributed by atoms with Gasteiger partial charge in [-0.25, -0.2) is 0 Å². The molecule has 0 aliphatic carbocycles. The molecule has 0 unspecified atom stereocenters. The SMILES string of the molecule is COCc1ccc(C)c[c]1[Bi]([CH3])[CH3]. The molecular formula is C11H17BiO. The van der Waals surface area contributed by atoms with Crippen molar-refractivity contribution in [1.29, 1.82) is 0 Å². The van der Waals surface area contributed by atoms with E-state index in [1.807, 2.05) is 0 Å². The molecule has 72 valence electrons. The Balaban J connectivity index is 3.03. The van der Waals surface area contributed by atoms with Gasteiger partial charge in [0.1, 0.15) is 0 Å². The first-order valence-corrected chi connectivity index (χ1v) is 13.1. The molecule has 1 aromatic carbocycles. The second-order valence-corrected chi connectivity index (χ2v) is 12.3. The molecule has 1 aromatic rings. The fraction of sp³-hybridized carbons (Fsp3) is 0.455. The Morgan fingerprint density at radius 1 is 1.31 bits per heavy atom. The van der Waals surface area contributed by atoms with Crippen LogP contribution >= 0.6 is 0 Å². The van der Waals surface area contributed by atoms with E-state index in [9.17, 15) is 0 Å². The average molecular weight is 374 g/mol. The molecule has 0 amide bonds. The molecule has 0 heterocycles. The monoisotopic (exact) mass is 374 g/mol. The molecule has 0 spiro atoms. The van der Waals surface area contributed by atoms with Crippen LogP contribution in [0.2, 0.25) is 9.26 Å². The summed E-state index contributed by atoms with van der Waals surface area (Å²) in [6.45, 7) is 2.93. The Labute approximate surface area is 88.8 Å². The molecule has 0 saturated heterocycles. The molecule has 0 bridgehead atoms. The number of hydrogen-bond donors (Lipinski definition) is 0. The Bertz CT molecular complexity index is 281. The van der Waals surface area contributed by atoms with Crippen LogP contribution in [0, 0.1) is 6.92 Å². The summed E-state index contributed by atoms with van der Waals surface area (Å²) in [4.78, 5) is 0. The van der Waals surface area contributed by atoms with Crippen LogP contribution in [0.1, 0.15) is 11.1 Å². The maximum atomic E-state index is 5.19. The second-order valence-electron chi connectivity index (χ2n) is 3.46. The Morgan fingerprint density at radius 2 is 2.00 bits per heavy atom. The molecule has 0 saturated carbocycles. The van der Waals surface area contributed by atoms with Crippen LogP contribution in [-0.4, -0.2) is 28.9 Å². The second kappa shape index (κ2) is 5.07. The number of aryl methyl sites for hydroxylation is 1. The first-order chi connectivity index (χ1) is 6.15. The van der Waals surface area contributed by atoms with Crippen molar-refractivity contribution in [2.75, 3.05) is 7.11 Å². The van der Waals surface area contributed by atoms with Crippen molar-refractivity contribution in [2.24, 2.45) is 0 Å². The van der Waals surface area contributed by atoms with Crippen LogP contribution in [0.25, 0.3) is 0 Å². The molecular weight excluding hydrogens is 357 g/mol. The van der Waals surface area contributed by atoms with Crippen molar-refractivity contribution < 1.29 is 4.74 Å². The first-order valence-electron chi connectivity index (χ1n) is 4.41. The van der Waals surface area contributed by atoms with Gasteiger partial charge < -0.3 is 0 Å². The summed E-state index contributed by atoms with van der Waals surface area (Å²) >= 11 is -1.31. The third-order valence-corrected chi connectivity index (χ3v) is 7.39. The van der Waals surface area contributed by atoms with E-state index in [4.69, 9.17) is 4.74 Å². The van der Waals surface area contributed by atoms with Gasteiger partial charge in [0.25, 0.3) is 0 Å². The van der Waals surface area contributed by atoms with Crippen molar-refractivity contribution in [3.63, 3.8) is 0 Å². The zero-order chi connectivity index (χ0) is 9.84. The van der Waals surface area contributed by atoms with Gasteiger partial charge in [-0.2, -0.15) is 0 Å². The van der Waals surface area contributed by atoms with Gasteiger partial charge in [-0.3, -0.25) is 0 Å². The zero-order valence-electron chi connectivity index (χ0n) is 8.79. The van der Waals surface area contributed by atoms with Gasteiger partial charge in [0, 0.05) is 0 Å². The van der Waals surface area contributed by atoms with Gasteiger partial charge in [-0.05, 0) is 0 Å². The number of ether oxygens (including phenoxy) is 1. The Hall–Kier alpha value is 0.0631. The predicted octanol–water partition coefficient (Wildman–Crippen LogP) is 2.10. The van der Waals surface area contributed by atoms with Gasteiger partial charge >= 0.3 is 89.0 Å². The summed E-state index contributed by atoms with van der Waals surface area (Å²) in [5.74, 6) is 0. The molecule has 0 aromatic heterocycles. The van der Waals surface area contributed by atoms with Crippen LogP contribution < -0.4 is 3.27 Å². The van der Waals surface area contributed by atoms with Gasteiger partial charge in [0.05, 0.1) is 0 Å². The number of benzene rings is 1. The van der Waals surface area contributed by atoms with E-state index in [0.29, 0.717) is 0 Å². The third kappa shape index (κ3) is 3.03. The summed E-state index contributed by atoms with van der Waals surface area (Å²) in [5, 5.41) is 0. The van der Waals surface area contributed by atoms with Crippen LogP contribution in [-0.2, 0) is 11.3 Å². The Morgan fingerprint density at radius 3 is 2.54 bits per heavy atom. The maximum absolute atomic E-state index is 5.19. The fourth-order valence-corrected chi connectivity index (χ4v) is 5.94. The molecule has 1 rings (SSSR count). The van der Waals surface area contributed by atoms with E-state index in [1.54, 1.807) is 10.4 Å². The van der Waals surface area contributed by atoms with Crippen LogP contribution in [0.3, 0.4) is 0 Å². The van der Waals surface area contributed by atoms with Crippen LogP contribution in [0.4, 0.5) is 0 Å². The first kappa shape index (κ1) is 11.1. The topological polar surface area (TPSA) is 9.23 Å². The third-order valence-electron chi connectivity index (χ3n) is 2.02. The molecule has 0 fully saturated rings. The zero-order valence-corrected chi connectivity index (χ0v) is 12.3. The molecule has 13 heavy (non-hydrogen) atoms. The van der Waals surface area contributed by atoms with E-state index >= 15 is 0 Å². The summed E-state index contributed by atoms with van der Waals surface area (Å²) in [7, 11) is 1.76. The van der Waals surface area contributed by atoms with E-state index in [2.05, 4.69) is 34.4 Å². The molecule has 0 radical (unpaired) electrons. The van der Waals surface area contributed by atoms with E-state index < -0.39 is 21.8 Å². The van der Waals surface area contributed by atoms with Gasteiger partial charge in [-0.15, -0.1) is 0 Å². The normalized spacial score (nSPS) is 10.8. The number of hydrogen-bond acceptors (Lipinski definition) is 1. The quantitative estimate of drug-likeness (QED) is 0.737. The molecule has 0 aliphatic rings. The minimum atomic E-state index is -1.31. The molecule has 0 aliphatic heterocycles. The van der Waals surface area contributed by atoms with Crippen molar-refractivity contribution in [3.05, 3.63) is 29.3 Å². The molecule has 1 nitrogen and oxygen atoms in total. The van der Waals surface area contributed by atoms with Crippen molar-refractivity contribution in [1.82, 2.24) is 0 Å². The van der Waals surface area contributed by atoms with Crippen molar-refractivity contribution in [2.45, 2.75) is 22.8 Å². The number of methoxy groups -OCH3 is 1. The minimum absolute atomic E-state index is 0.767. The fourth-order valence-electron chi connectivity index (χ4n) is 1.37. The van der Waals surface area contributed by atoms with Gasteiger partial charge in [0.15, 0.2) is 0 Å². The van der Waals surface area contributed by atoms with Crippen molar-refractivity contribution in [3.8, 4) is 0 Å². The Kier molecular flexibility index (Phi) is 4.35. The molecule has 0 N–H and O–H groups in total. The van der Waals surface area contributed by atoms with Gasteiger partial charge in [0.2, 0.25) is 0 Å². The predicted molar refractivity (Wildman–Crippen MR) is 59.0 cm³/mol. The van der Waals surface area contributed by atoms with E-state index in [1.165, 1.54) is 11.1 Å². The van der Waals surface area contributed by atoms with Crippen molar-refractivity contribution >= 4 is 25.0 Å². The van der Waals surface area contributed by atoms with Gasteiger partial charge in [-0.1, -0.05) is 0 Å². The average Bonchev–Trinajstić information content (AvgIpc) is 2.08. The van der Waals surface area contributed by atoms with E-state index in [-0.39, 0.29) is 0 Å². The summed E-state index contributed by atoms with van der Waals surface area (Å²) in [5.41, 5.74) is 2.77. The van der Waals surface area contributed by atoms with Crippen LogP contribution in [0.15, 0.2) is 18.2 Å². The summed E-state index contributed by atoms with van der Waals surface area (Å²) < 4.78 is 11.6.